The monoisotopic (exact) mass is 396 g/mol. The summed E-state index contributed by atoms with van der Waals surface area (Å²) in [6, 6.07) is 6.93. The Kier molecular flexibility index (Phi) is 6.88. The summed E-state index contributed by atoms with van der Waals surface area (Å²) in [7, 11) is 0. The molecular formula is C16H14Cl2N4O2S. The van der Waals surface area contributed by atoms with Crippen LogP contribution in [0.15, 0.2) is 36.0 Å². The van der Waals surface area contributed by atoms with Crippen LogP contribution >= 0.6 is 35.0 Å². The number of nitriles is 1. The van der Waals surface area contributed by atoms with Gasteiger partial charge in [0.15, 0.2) is 17.1 Å². The van der Waals surface area contributed by atoms with Crippen LogP contribution in [0.25, 0.3) is 11.4 Å². The summed E-state index contributed by atoms with van der Waals surface area (Å²) in [5, 5.41) is 18.4. The molecule has 0 aliphatic rings. The lowest BCUT2D eigenvalue weighted by atomic mass is 10.2. The zero-order chi connectivity index (χ0) is 18.4. The summed E-state index contributed by atoms with van der Waals surface area (Å²) in [6.45, 7) is 5.67. The molecule has 6 nitrogen and oxygen atoms in total. The highest BCUT2D eigenvalue weighted by atomic mass is 35.5. The van der Waals surface area contributed by atoms with Crippen molar-refractivity contribution in [1.82, 2.24) is 14.8 Å². The van der Waals surface area contributed by atoms with Crippen LogP contribution in [0.4, 0.5) is 0 Å². The van der Waals surface area contributed by atoms with Crippen LogP contribution in [-0.2, 0) is 16.1 Å². The van der Waals surface area contributed by atoms with Gasteiger partial charge in [-0.05, 0) is 25.1 Å². The van der Waals surface area contributed by atoms with Crippen LogP contribution in [0.5, 0.6) is 0 Å². The number of hydrogen-bond acceptors (Lipinski definition) is 6. The minimum absolute atomic E-state index is 0.00957. The zero-order valence-electron chi connectivity index (χ0n) is 13.3. The predicted molar refractivity (Wildman–Crippen MR) is 97.6 cm³/mol. The van der Waals surface area contributed by atoms with E-state index in [0.29, 0.717) is 33.1 Å². The van der Waals surface area contributed by atoms with E-state index >= 15 is 0 Å². The lowest BCUT2D eigenvalue weighted by Gasteiger charge is -2.09. The molecule has 25 heavy (non-hydrogen) atoms. The molecule has 0 bridgehead atoms. The lowest BCUT2D eigenvalue weighted by Crippen LogP contribution is -2.15. The van der Waals surface area contributed by atoms with Crippen LogP contribution in [0.3, 0.4) is 0 Å². The SMILES string of the molecule is C=CCn1c(SCC(=O)O[C@@H](C)C#N)nnc1-c1ccc(Cl)cc1Cl. The first kappa shape index (κ1) is 19.3. The van der Waals surface area contributed by atoms with E-state index in [9.17, 15) is 4.79 Å². The Morgan fingerprint density at radius 2 is 2.28 bits per heavy atom. The predicted octanol–water partition coefficient (Wildman–Crippen LogP) is 3.99. The minimum atomic E-state index is -0.789. The molecule has 0 aliphatic carbocycles. The van der Waals surface area contributed by atoms with Gasteiger partial charge in [-0.3, -0.25) is 9.36 Å². The van der Waals surface area contributed by atoms with E-state index in [1.807, 2.05) is 6.07 Å². The van der Waals surface area contributed by atoms with Gasteiger partial charge < -0.3 is 4.74 Å². The molecule has 0 fully saturated rings. The first-order valence-electron chi connectivity index (χ1n) is 7.17. The summed E-state index contributed by atoms with van der Waals surface area (Å²) < 4.78 is 6.70. The normalized spacial score (nSPS) is 11.6. The summed E-state index contributed by atoms with van der Waals surface area (Å²) in [5.41, 5.74) is 0.674. The maximum Gasteiger partial charge on any atom is 0.317 e. The zero-order valence-corrected chi connectivity index (χ0v) is 15.6. The van der Waals surface area contributed by atoms with Crippen molar-refractivity contribution in [2.45, 2.75) is 24.7 Å². The highest BCUT2D eigenvalue weighted by molar-refractivity contribution is 7.99. The standard InChI is InChI=1S/C16H14Cl2N4O2S/c1-3-6-22-15(12-5-4-11(17)7-13(12)18)20-21-16(22)25-9-14(23)24-10(2)8-19/h3-5,7,10H,1,6,9H2,2H3/t10-/m0/s1. The maximum absolute atomic E-state index is 11.7. The third kappa shape index (κ3) is 4.98. The molecule has 130 valence electrons. The second-order valence-corrected chi connectivity index (χ2v) is 6.67. The topological polar surface area (TPSA) is 80.8 Å². The number of nitrogens with zero attached hydrogens (tertiary/aromatic N) is 4. The fourth-order valence-corrected chi connectivity index (χ4v) is 3.16. The number of allylic oxidation sites excluding steroid dienone is 1. The molecule has 0 saturated heterocycles. The third-order valence-corrected chi connectivity index (χ3v) is 4.50. The number of aromatic nitrogens is 3. The van der Waals surface area contributed by atoms with Gasteiger partial charge in [-0.2, -0.15) is 5.26 Å². The number of carbonyl (C=O) groups excluding carboxylic acids is 1. The van der Waals surface area contributed by atoms with E-state index in [-0.39, 0.29) is 5.75 Å². The lowest BCUT2D eigenvalue weighted by molar-refractivity contribution is -0.142. The molecule has 0 spiro atoms. The van der Waals surface area contributed by atoms with Crippen molar-refractivity contribution in [3.8, 4) is 17.5 Å². The first-order chi connectivity index (χ1) is 12.0. The average Bonchev–Trinajstić information content (AvgIpc) is 2.96. The van der Waals surface area contributed by atoms with Crippen molar-refractivity contribution in [2.75, 3.05) is 5.75 Å². The van der Waals surface area contributed by atoms with Gasteiger partial charge in [0, 0.05) is 17.1 Å². The first-order valence-corrected chi connectivity index (χ1v) is 8.91. The van der Waals surface area contributed by atoms with Crippen LogP contribution in [0.2, 0.25) is 10.0 Å². The summed E-state index contributed by atoms with van der Waals surface area (Å²) >= 11 is 13.3. The Morgan fingerprint density at radius 3 is 2.92 bits per heavy atom. The van der Waals surface area contributed by atoms with Gasteiger partial charge in [0.25, 0.3) is 0 Å². The number of halogens is 2. The quantitative estimate of drug-likeness (QED) is 0.399. The molecule has 0 saturated carbocycles. The van der Waals surface area contributed by atoms with Crippen LogP contribution in [-0.4, -0.2) is 32.6 Å². The van der Waals surface area contributed by atoms with Gasteiger partial charge >= 0.3 is 5.97 Å². The van der Waals surface area contributed by atoms with Gasteiger partial charge in [0.1, 0.15) is 6.07 Å². The molecule has 0 N–H and O–H groups in total. The fraction of sp³-hybridized carbons (Fsp3) is 0.250. The van der Waals surface area contributed by atoms with Gasteiger partial charge in [-0.25, -0.2) is 0 Å². The second kappa shape index (κ2) is 8.90. The molecule has 0 amide bonds. The molecule has 2 rings (SSSR count). The van der Waals surface area contributed by atoms with Crippen molar-refractivity contribution in [3.63, 3.8) is 0 Å². The van der Waals surface area contributed by atoms with Gasteiger partial charge in [0.05, 0.1) is 10.8 Å². The Bertz CT molecular complexity index is 832. The van der Waals surface area contributed by atoms with Gasteiger partial charge in [-0.15, -0.1) is 16.8 Å². The molecular weight excluding hydrogens is 383 g/mol. The number of thioether (sulfide) groups is 1. The second-order valence-electron chi connectivity index (χ2n) is 4.88. The Morgan fingerprint density at radius 1 is 1.52 bits per heavy atom. The Hall–Kier alpha value is -2.01. The van der Waals surface area contributed by atoms with Crippen LogP contribution < -0.4 is 0 Å². The maximum atomic E-state index is 11.7. The van der Waals surface area contributed by atoms with Crippen LogP contribution in [0, 0.1) is 11.3 Å². The number of rotatable bonds is 7. The van der Waals surface area contributed by atoms with Crippen molar-refractivity contribution < 1.29 is 9.53 Å². The number of esters is 1. The summed E-state index contributed by atoms with van der Waals surface area (Å²) in [6.07, 6.45) is 0.902. The number of benzene rings is 1. The minimum Gasteiger partial charge on any atom is -0.447 e. The van der Waals surface area contributed by atoms with E-state index in [4.69, 9.17) is 33.2 Å². The summed E-state index contributed by atoms with van der Waals surface area (Å²) in [4.78, 5) is 11.7. The molecule has 1 heterocycles. The van der Waals surface area contributed by atoms with Crippen molar-refractivity contribution in [2.24, 2.45) is 0 Å². The Labute approximate surface area is 159 Å². The van der Waals surface area contributed by atoms with Crippen molar-refractivity contribution in [1.29, 1.82) is 5.26 Å². The number of ether oxygens (including phenoxy) is 1. The van der Waals surface area contributed by atoms with E-state index in [1.165, 1.54) is 6.92 Å². The van der Waals surface area contributed by atoms with E-state index in [2.05, 4.69) is 16.8 Å². The molecule has 1 atom stereocenters. The third-order valence-electron chi connectivity index (χ3n) is 3.01. The molecule has 0 radical (unpaired) electrons. The molecule has 1 aromatic carbocycles. The highest BCUT2D eigenvalue weighted by Crippen LogP contribution is 2.31. The van der Waals surface area contributed by atoms with Crippen molar-refractivity contribution >= 4 is 40.9 Å². The van der Waals surface area contributed by atoms with Gasteiger partial charge in [-0.1, -0.05) is 41.0 Å². The van der Waals surface area contributed by atoms with E-state index < -0.39 is 12.1 Å². The summed E-state index contributed by atoms with van der Waals surface area (Å²) in [5.74, 6) is 0.0523. The molecule has 0 unspecified atom stereocenters. The van der Waals surface area contributed by atoms with E-state index in [0.717, 1.165) is 11.8 Å². The molecule has 2 aromatic rings. The Balaban J connectivity index is 2.23. The number of carbonyl (C=O) groups is 1. The van der Waals surface area contributed by atoms with Crippen molar-refractivity contribution in [3.05, 3.63) is 40.9 Å². The average molecular weight is 397 g/mol. The van der Waals surface area contributed by atoms with Crippen LogP contribution in [0.1, 0.15) is 6.92 Å². The molecule has 0 aliphatic heterocycles. The highest BCUT2D eigenvalue weighted by Gasteiger charge is 2.18. The number of hydrogen-bond donors (Lipinski definition) is 0. The molecule has 9 heteroatoms. The van der Waals surface area contributed by atoms with Gasteiger partial charge in [0.2, 0.25) is 0 Å². The smallest absolute Gasteiger partial charge is 0.317 e. The largest absolute Gasteiger partial charge is 0.447 e. The molecule has 1 aromatic heterocycles. The fourth-order valence-electron chi connectivity index (χ4n) is 1.94. The van der Waals surface area contributed by atoms with E-state index in [1.54, 1.807) is 28.8 Å².